The molecule has 2 nitrogen and oxygen atoms in total. The molecule has 0 bridgehead atoms. The van der Waals surface area contributed by atoms with Crippen LogP contribution in [0.2, 0.25) is 0 Å². The number of carbonyl (C=O) groups is 1. The van der Waals surface area contributed by atoms with Gasteiger partial charge in [0.15, 0.2) is 0 Å². The third-order valence-corrected chi connectivity index (χ3v) is 5.85. The van der Waals surface area contributed by atoms with Crippen molar-refractivity contribution in [2.24, 2.45) is 0 Å². The Morgan fingerprint density at radius 3 is 2.55 bits per heavy atom. The van der Waals surface area contributed by atoms with Crippen molar-refractivity contribution in [3.63, 3.8) is 0 Å². The van der Waals surface area contributed by atoms with Crippen LogP contribution in [0.1, 0.15) is 56.9 Å². The van der Waals surface area contributed by atoms with Crippen LogP contribution >= 0.6 is 22.6 Å². The van der Waals surface area contributed by atoms with E-state index in [1.165, 1.54) is 31.2 Å². The lowest BCUT2D eigenvalue weighted by molar-refractivity contribution is -0.143. The fourth-order valence-corrected chi connectivity index (χ4v) is 3.90. The van der Waals surface area contributed by atoms with Gasteiger partial charge in [-0.25, -0.2) is 0 Å². The third-order valence-electron chi connectivity index (χ3n) is 4.24. The van der Waals surface area contributed by atoms with Crippen LogP contribution in [0.4, 0.5) is 0 Å². The van der Waals surface area contributed by atoms with E-state index in [1.807, 2.05) is 6.92 Å². The highest BCUT2D eigenvalue weighted by molar-refractivity contribution is 14.1. The van der Waals surface area contributed by atoms with Gasteiger partial charge in [0.25, 0.3) is 0 Å². The van der Waals surface area contributed by atoms with E-state index >= 15 is 0 Å². The van der Waals surface area contributed by atoms with Gasteiger partial charge < -0.3 is 4.74 Å². The van der Waals surface area contributed by atoms with Gasteiger partial charge in [-0.2, -0.15) is 0 Å². The molecule has 1 fully saturated rings. The fraction of sp³-hybridized carbons (Fsp3) is 0.588. The summed E-state index contributed by atoms with van der Waals surface area (Å²) in [6.45, 7) is 2.35. The molecule has 3 heteroatoms. The van der Waals surface area contributed by atoms with Crippen molar-refractivity contribution in [2.75, 3.05) is 6.61 Å². The minimum Gasteiger partial charge on any atom is -0.466 e. The molecule has 0 heterocycles. The molecular formula is C17H23IO2. The third kappa shape index (κ3) is 4.47. The van der Waals surface area contributed by atoms with E-state index in [0.717, 1.165) is 6.42 Å². The maximum absolute atomic E-state index is 11.5. The van der Waals surface area contributed by atoms with E-state index in [4.69, 9.17) is 4.74 Å². The van der Waals surface area contributed by atoms with Crippen LogP contribution < -0.4 is 0 Å². The summed E-state index contributed by atoms with van der Waals surface area (Å²) < 4.78 is 5.31. The number of alkyl halides is 1. The first-order valence-electron chi connectivity index (χ1n) is 7.52. The lowest BCUT2D eigenvalue weighted by Crippen LogP contribution is -2.28. The molecule has 0 radical (unpaired) electrons. The van der Waals surface area contributed by atoms with Crippen LogP contribution in [0.25, 0.3) is 0 Å². The smallest absolute Gasteiger partial charge is 0.305 e. The molecule has 0 unspecified atom stereocenters. The normalized spacial score (nSPS) is 26.2. The van der Waals surface area contributed by atoms with E-state index in [2.05, 4.69) is 52.9 Å². The predicted octanol–water partition coefficient (Wildman–Crippen LogP) is 4.86. The van der Waals surface area contributed by atoms with E-state index in [9.17, 15) is 4.79 Å². The standard InChI is InChI=1S/C17H23IO2/c1-2-20-16(19)10-13-17(18)11-8-15(9-12-17)14-6-4-3-5-7-14/h3-7,15H,2,8-13H2,1H3. The van der Waals surface area contributed by atoms with Crippen LogP contribution in [0.5, 0.6) is 0 Å². The fourth-order valence-electron chi connectivity index (χ4n) is 3.00. The number of halogens is 1. The Morgan fingerprint density at radius 1 is 1.30 bits per heavy atom. The molecule has 1 saturated carbocycles. The zero-order valence-corrected chi connectivity index (χ0v) is 14.3. The molecule has 2 rings (SSSR count). The predicted molar refractivity (Wildman–Crippen MR) is 90.3 cm³/mol. The maximum atomic E-state index is 11.5. The highest BCUT2D eigenvalue weighted by Gasteiger charge is 2.33. The van der Waals surface area contributed by atoms with Gasteiger partial charge in [-0.15, -0.1) is 0 Å². The summed E-state index contributed by atoms with van der Waals surface area (Å²) in [6, 6.07) is 10.8. The van der Waals surface area contributed by atoms with Gasteiger partial charge in [-0.3, -0.25) is 4.79 Å². The number of hydrogen-bond acceptors (Lipinski definition) is 2. The van der Waals surface area contributed by atoms with Crippen molar-refractivity contribution in [1.82, 2.24) is 0 Å². The first kappa shape index (κ1) is 15.8. The highest BCUT2D eigenvalue weighted by atomic mass is 127. The Morgan fingerprint density at radius 2 is 1.95 bits per heavy atom. The van der Waals surface area contributed by atoms with Crippen molar-refractivity contribution >= 4 is 28.6 Å². The Balaban J connectivity index is 1.82. The van der Waals surface area contributed by atoms with Crippen LogP contribution in [0.3, 0.4) is 0 Å². The lowest BCUT2D eigenvalue weighted by Gasteiger charge is -2.36. The zero-order chi connectivity index (χ0) is 14.4. The van der Waals surface area contributed by atoms with E-state index < -0.39 is 0 Å². The summed E-state index contributed by atoms with van der Waals surface area (Å²) in [6.07, 6.45) is 6.38. The van der Waals surface area contributed by atoms with Crippen LogP contribution in [0, 0.1) is 0 Å². The number of hydrogen-bond donors (Lipinski definition) is 0. The summed E-state index contributed by atoms with van der Waals surface area (Å²) in [5, 5.41) is 0. The summed E-state index contributed by atoms with van der Waals surface area (Å²) in [4.78, 5) is 11.5. The average Bonchev–Trinajstić information content (AvgIpc) is 2.47. The van der Waals surface area contributed by atoms with Gasteiger partial charge in [0.05, 0.1) is 6.61 Å². The first-order chi connectivity index (χ1) is 9.63. The minimum absolute atomic E-state index is 0.0475. The second-order valence-electron chi connectivity index (χ2n) is 5.64. The topological polar surface area (TPSA) is 26.3 Å². The summed E-state index contributed by atoms with van der Waals surface area (Å²) >= 11 is 2.57. The van der Waals surface area contributed by atoms with Crippen molar-refractivity contribution in [3.05, 3.63) is 35.9 Å². The molecule has 1 aromatic carbocycles. The van der Waals surface area contributed by atoms with Crippen molar-refractivity contribution in [3.8, 4) is 0 Å². The summed E-state index contributed by atoms with van der Waals surface area (Å²) in [5.41, 5.74) is 1.47. The van der Waals surface area contributed by atoms with Crippen LogP contribution in [-0.4, -0.2) is 16.0 Å². The van der Waals surface area contributed by atoms with Gasteiger partial charge >= 0.3 is 5.97 Å². The van der Waals surface area contributed by atoms with Gasteiger partial charge in [0.1, 0.15) is 0 Å². The molecule has 0 spiro atoms. The average molecular weight is 386 g/mol. The quantitative estimate of drug-likeness (QED) is 0.410. The molecule has 0 saturated heterocycles. The number of ether oxygens (including phenoxy) is 1. The van der Waals surface area contributed by atoms with Crippen LogP contribution in [-0.2, 0) is 9.53 Å². The molecule has 0 amide bonds. The summed E-state index contributed by atoms with van der Waals surface area (Å²) in [7, 11) is 0. The Bertz CT molecular complexity index is 422. The minimum atomic E-state index is -0.0475. The van der Waals surface area contributed by atoms with Crippen LogP contribution in [0.15, 0.2) is 30.3 Å². The highest BCUT2D eigenvalue weighted by Crippen LogP contribution is 2.45. The molecule has 1 aliphatic rings. The van der Waals surface area contributed by atoms with Gasteiger partial charge in [-0.1, -0.05) is 52.9 Å². The molecule has 0 aliphatic heterocycles. The molecule has 20 heavy (non-hydrogen) atoms. The number of carbonyl (C=O) groups excluding carboxylic acids is 1. The van der Waals surface area contributed by atoms with E-state index in [1.54, 1.807) is 0 Å². The van der Waals surface area contributed by atoms with E-state index in [0.29, 0.717) is 18.9 Å². The second-order valence-corrected chi connectivity index (χ2v) is 7.93. The van der Waals surface area contributed by atoms with Crippen molar-refractivity contribution < 1.29 is 9.53 Å². The zero-order valence-electron chi connectivity index (χ0n) is 12.1. The molecule has 0 atom stereocenters. The maximum Gasteiger partial charge on any atom is 0.305 e. The molecule has 0 N–H and O–H groups in total. The Kier molecular flexibility index (Phi) is 5.87. The SMILES string of the molecule is CCOC(=O)CCC1(I)CCC(c2ccccc2)CC1. The summed E-state index contributed by atoms with van der Waals surface area (Å²) in [5.74, 6) is 0.649. The Hall–Kier alpha value is -0.580. The molecule has 0 aromatic heterocycles. The van der Waals surface area contributed by atoms with Crippen molar-refractivity contribution in [1.29, 1.82) is 0 Å². The number of benzene rings is 1. The molecule has 110 valence electrons. The largest absolute Gasteiger partial charge is 0.466 e. The second kappa shape index (κ2) is 7.43. The number of rotatable bonds is 5. The molecular weight excluding hydrogens is 363 g/mol. The monoisotopic (exact) mass is 386 g/mol. The van der Waals surface area contributed by atoms with Gasteiger partial charge in [0, 0.05) is 9.84 Å². The van der Waals surface area contributed by atoms with E-state index in [-0.39, 0.29) is 9.39 Å². The first-order valence-corrected chi connectivity index (χ1v) is 8.60. The van der Waals surface area contributed by atoms with Gasteiger partial charge in [-0.05, 0) is 50.5 Å². The lowest BCUT2D eigenvalue weighted by atomic mass is 9.77. The number of esters is 1. The molecule has 1 aliphatic carbocycles. The van der Waals surface area contributed by atoms with Crippen molar-refractivity contribution in [2.45, 2.75) is 54.8 Å². The van der Waals surface area contributed by atoms with Gasteiger partial charge in [0.2, 0.25) is 0 Å². The molecule has 1 aromatic rings. The Labute approximate surface area is 135 Å².